The number of rotatable bonds is 9. The molecule has 0 spiro atoms. The molecule has 1 fully saturated rings. The van der Waals surface area contributed by atoms with Crippen LogP contribution in [0, 0.1) is 11.8 Å². The van der Waals surface area contributed by atoms with E-state index in [2.05, 4.69) is 31.3 Å². The third kappa shape index (κ3) is 5.81. The Balaban J connectivity index is 1.36. The van der Waals surface area contributed by atoms with E-state index >= 15 is 0 Å². The van der Waals surface area contributed by atoms with Gasteiger partial charge in [0.15, 0.2) is 0 Å². The molecule has 7 heteroatoms. The van der Waals surface area contributed by atoms with Crippen molar-refractivity contribution in [3.8, 4) is 16.9 Å². The maximum absolute atomic E-state index is 13.4. The summed E-state index contributed by atoms with van der Waals surface area (Å²) in [6, 6.07) is 29.1. The highest BCUT2D eigenvalue weighted by Crippen LogP contribution is 2.48. The fourth-order valence-corrected chi connectivity index (χ4v) is 5.04. The van der Waals surface area contributed by atoms with Crippen LogP contribution in [-0.2, 0) is 9.59 Å². The van der Waals surface area contributed by atoms with Crippen LogP contribution < -0.4 is 5.32 Å². The van der Waals surface area contributed by atoms with Crippen LogP contribution in [0.5, 0.6) is 0 Å². The van der Waals surface area contributed by atoms with Crippen molar-refractivity contribution in [3.05, 3.63) is 102 Å². The summed E-state index contributed by atoms with van der Waals surface area (Å²) in [4.78, 5) is 28.5. The molecule has 1 aliphatic carbocycles. The highest BCUT2D eigenvalue weighted by atomic mass is 35.5. The molecule has 0 radical (unpaired) electrons. The molecule has 3 aromatic carbocycles. The van der Waals surface area contributed by atoms with Gasteiger partial charge in [0.1, 0.15) is 5.82 Å². The van der Waals surface area contributed by atoms with Crippen LogP contribution in [0.25, 0.3) is 16.9 Å². The Morgan fingerprint density at radius 2 is 1.66 bits per heavy atom. The zero-order chi connectivity index (χ0) is 26.6. The summed E-state index contributed by atoms with van der Waals surface area (Å²) in [5.41, 5.74) is 3.47. The Hall–Kier alpha value is -3.90. The van der Waals surface area contributed by atoms with Crippen LogP contribution in [0.2, 0.25) is 5.02 Å². The number of aromatic nitrogens is 2. The molecule has 0 saturated heterocycles. The van der Waals surface area contributed by atoms with E-state index in [4.69, 9.17) is 16.7 Å². The lowest BCUT2D eigenvalue weighted by atomic mass is 10.1. The van der Waals surface area contributed by atoms with E-state index in [1.165, 1.54) is 5.56 Å². The number of hydrogen-bond donors (Lipinski definition) is 1. The number of amides is 2. The van der Waals surface area contributed by atoms with Crippen molar-refractivity contribution in [3.63, 3.8) is 0 Å². The maximum atomic E-state index is 13.4. The van der Waals surface area contributed by atoms with Gasteiger partial charge in [0, 0.05) is 24.1 Å². The SMILES string of the molecule is CC(C)CN(CC(=O)Nc1cc(-c2ccccc2)nn1-c1ccccc1Cl)C(=O)C1CC1c1ccccc1. The van der Waals surface area contributed by atoms with E-state index in [1.54, 1.807) is 15.6 Å². The lowest BCUT2D eigenvalue weighted by Crippen LogP contribution is -2.41. The monoisotopic (exact) mass is 526 g/mol. The average Bonchev–Trinajstić information content (AvgIpc) is 3.62. The van der Waals surface area contributed by atoms with Gasteiger partial charge in [-0.05, 0) is 36.0 Å². The summed E-state index contributed by atoms with van der Waals surface area (Å²) in [5.74, 6) is 0.626. The third-order valence-corrected chi connectivity index (χ3v) is 7.01. The van der Waals surface area contributed by atoms with E-state index in [1.807, 2.05) is 72.8 Å². The van der Waals surface area contributed by atoms with Gasteiger partial charge in [0.05, 0.1) is 22.9 Å². The first-order valence-electron chi connectivity index (χ1n) is 12.9. The van der Waals surface area contributed by atoms with Crippen molar-refractivity contribution in [2.75, 3.05) is 18.4 Å². The van der Waals surface area contributed by atoms with Crippen LogP contribution in [0.1, 0.15) is 31.7 Å². The summed E-state index contributed by atoms with van der Waals surface area (Å²) in [5, 5.41) is 8.26. The fraction of sp³-hybridized carbons (Fsp3) is 0.258. The minimum atomic E-state index is -0.274. The first-order chi connectivity index (χ1) is 18.4. The van der Waals surface area contributed by atoms with Crippen LogP contribution in [0.15, 0.2) is 91.0 Å². The minimum Gasteiger partial charge on any atom is -0.333 e. The third-order valence-electron chi connectivity index (χ3n) is 6.69. The van der Waals surface area contributed by atoms with Gasteiger partial charge in [0.2, 0.25) is 11.8 Å². The number of carbonyl (C=O) groups is 2. The van der Waals surface area contributed by atoms with Gasteiger partial charge in [-0.15, -0.1) is 0 Å². The number of nitrogens with zero attached hydrogens (tertiary/aromatic N) is 3. The number of nitrogens with one attached hydrogen (secondary N) is 1. The molecule has 5 rings (SSSR count). The molecule has 194 valence electrons. The Labute approximate surface area is 228 Å². The highest BCUT2D eigenvalue weighted by Gasteiger charge is 2.46. The predicted octanol–water partition coefficient (Wildman–Crippen LogP) is 6.42. The highest BCUT2D eigenvalue weighted by molar-refractivity contribution is 6.32. The number of para-hydroxylation sites is 1. The fourth-order valence-electron chi connectivity index (χ4n) is 4.83. The average molecular weight is 527 g/mol. The largest absolute Gasteiger partial charge is 0.333 e. The molecule has 2 amide bonds. The summed E-state index contributed by atoms with van der Waals surface area (Å²) in [7, 11) is 0. The summed E-state index contributed by atoms with van der Waals surface area (Å²) >= 11 is 6.49. The molecule has 38 heavy (non-hydrogen) atoms. The van der Waals surface area contributed by atoms with Gasteiger partial charge in [0.25, 0.3) is 0 Å². The summed E-state index contributed by atoms with van der Waals surface area (Å²) < 4.78 is 1.64. The molecule has 2 atom stereocenters. The quantitative estimate of drug-likeness (QED) is 0.273. The summed E-state index contributed by atoms with van der Waals surface area (Å²) in [6.07, 6.45) is 0.818. The molecular weight excluding hydrogens is 496 g/mol. The van der Waals surface area contributed by atoms with Gasteiger partial charge in [-0.1, -0.05) is 98.2 Å². The van der Waals surface area contributed by atoms with Crippen LogP contribution in [0.3, 0.4) is 0 Å². The Morgan fingerprint density at radius 3 is 2.34 bits per heavy atom. The molecule has 1 aromatic heterocycles. The lowest BCUT2D eigenvalue weighted by molar-refractivity contribution is -0.136. The molecule has 0 bridgehead atoms. The predicted molar refractivity (Wildman–Crippen MR) is 151 cm³/mol. The van der Waals surface area contributed by atoms with Crippen LogP contribution >= 0.6 is 11.6 Å². The van der Waals surface area contributed by atoms with Crippen molar-refractivity contribution >= 4 is 29.2 Å². The van der Waals surface area contributed by atoms with Gasteiger partial charge >= 0.3 is 0 Å². The minimum absolute atomic E-state index is 0.0244. The number of benzene rings is 3. The zero-order valence-corrected chi connectivity index (χ0v) is 22.3. The second-order valence-corrected chi connectivity index (χ2v) is 10.6. The molecule has 6 nitrogen and oxygen atoms in total. The molecule has 1 heterocycles. The first kappa shape index (κ1) is 25.7. The van der Waals surface area contributed by atoms with Gasteiger partial charge < -0.3 is 10.2 Å². The lowest BCUT2D eigenvalue weighted by Gasteiger charge is -2.24. The summed E-state index contributed by atoms with van der Waals surface area (Å²) in [6.45, 7) is 4.60. The van der Waals surface area contributed by atoms with Crippen molar-refractivity contribution in [2.45, 2.75) is 26.2 Å². The van der Waals surface area contributed by atoms with Gasteiger partial charge in [-0.25, -0.2) is 4.68 Å². The van der Waals surface area contributed by atoms with E-state index in [0.29, 0.717) is 28.8 Å². The van der Waals surface area contributed by atoms with Crippen molar-refractivity contribution in [1.82, 2.24) is 14.7 Å². The van der Waals surface area contributed by atoms with Crippen molar-refractivity contribution in [2.24, 2.45) is 11.8 Å². The molecule has 0 aliphatic heterocycles. The molecule has 4 aromatic rings. The van der Waals surface area contributed by atoms with E-state index < -0.39 is 0 Å². The smallest absolute Gasteiger partial charge is 0.245 e. The standard InChI is InChI=1S/C31H31ClN4O2/c1-21(2)19-35(31(38)25-17-24(25)22-11-5-3-6-12-22)20-30(37)33-29-18-27(23-13-7-4-8-14-23)34-36(29)28-16-10-9-15-26(28)32/h3-16,18,21,24-25H,17,19-20H2,1-2H3,(H,33,37). The first-order valence-corrected chi connectivity index (χ1v) is 13.3. The second kappa shape index (κ2) is 11.2. The maximum Gasteiger partial charge on any atom is 0.245 e. The van der Waals surface area contributed by atoms with E-state index in [-0.39, 0.29) is 36.1 Å². The molecular formula is C31H31ClN4O2. The number of anilines is 1. The Kier molecular flexibility index (Phi) is 7.61. The number of hydrogen-bond acceptors (Lipinski definition) is 3. The normalized spacial score (nSPS) is 16.3. The second-order valence-electron chi connectivity index (χ2n) is 10.2. The van der Waals surface area contributed by atoms with E-state index in [0.717, 1.165) is 12.0 Å². The molecule has 1 aliphatic rings. The number of carbonyl (C=O) groups excluding carboxylic acids is 2. The van der Waals surface area contributed by atoms with E-state index in [9.17, 15) is 9.59 Å². The van der Waals surface area contributed by atoms with Gasteiger partial charge in [-0.3, -0.25) is 9.59 Å². The molecule has 2 unspecified atom stereocenters. The molecule has 1 N–H and O–H groups in total. The van der Waals surface area contributed by atoms with Gasteiger partial charge in [-0.2, -0.15) is 5.10 Å². The Morgan fingerprint density at radius 1 is 1.00 bits per heavy atom. The zero-order valence-electron chi connectivity index (χ0n) is 21.5. The van der Waals surface area contributed by atoms with Crippen LogP contribution in [-0.4, -0.2) is 39.6 Å². The van der Waals surface area contributed by atoms with Crippen molar-refractivity contribution < 1.29 is 9.59 Å². The molecule has 1 saturated carbocycles. The topological polar surface area (TPSA) is 67.2 Å². The number of halogens is 1. The Bertz CT molecular complexity index is 1420. The van der Waals surface area contributed by atoms with Crippen LogP contribution in [0.4, 0.5) is 5.82 Å². The van der Waals surface area contributed by atoms with Crippen molar-refractivity contribution in [1.29, 1.82) is 0 Å².